The number of methoxy groups -OCH3 is 1. The van der Waals surface area contributed by atoms with Crippen LogP contribution in [0.3, 0.4) is 0 Å². The van der Waals surface area contributed by atoms with E-state index in [1.807, 2.05) is 32.0 Å². The third kappa shape index (κ3) is 3.68. The second kappa shape index (κ2) is 6.32. The van der Waals surface area contributed by atoms with Crippen molar-refractivity contribution in [3.8, 4) is 0 Å². The third-order valence-corrected chi connectivity index (χ3v) is 2.60. The van der Waals surface area contributed by atoms with Crippen LogP contribution in [0.5, 0.6) is 0 Å². The molecule has 2 rings (SSSR count). The van der Waals surface area contributed by atoms with Crippen LogP contribution in [0.1, 0.15) is 11.3 Å². The second-order valence-electron chi connectivity index (χ2n) is 4.23. The van der Waals surface area contributed by atoms with Gasteiger partial charge in [-0.3, -0.25) is 4.68 Å². The van der Waals surface area contributed by atoms with E-state index in [0.717, 1.165) is 31.9 Å². The summed E-state index contributed by atoms with van der Waals surface area (Å²) >= 11 is 0. The van der Waals surface area contributed by atoms with Gasteiger partial charge in [-0.05, 0) is 0 Å². The number of imidazole rings is 1. The summed E-state index contributed by atoms with van der Waals surface area (Å²) in [5.74, 6) is 0. The lowest BCUT2D eigenvalue weighted by Crippen LogP contribution is -2.18. The van der Waals surface area contributed by atoms with Gasteiger partial charge in [0.25, 0.3) is 0 Å². The van der Waals surface area contributed by atoms with Crippen molar-refractivity contribution < 1.29 is 4.74 Å². The van der Waals surface area contributed by atoms with E-state index >= 15 is 0 Å². The zero-order valence-electron chi connectivity index (χ0n) is 10.8. The molecule has 0 fully saturated rings. The number of aromatic nitrogens is 4. The predicted octanol–water partition coefficient (Wildman–Crippen LogP) is 0.401. The van der Waals surface area contributed by atoms with Crippen molar-refractivity contribution in [2.45, 2.75) is 13.1 Å². The Labute approximate surface area is 107 Å². The van der Waals surface area contributed by atoms with E-state index in [4.69, 9.17) is 4.74 Å². The van der Waals surface area contributed by atoms with Crippen LogP contribution in [0.25, 0.3) is 0 Å². The molecule has 18 heavy (non-hydrogen) atoms. The molecule has 0 saturated carbocycles. The zero-order chi connectivity index (χ0) is 12.8. The second-order valence-corrected chi connectivity index (χ2v) is 4.23. The van der Waals surface area contributed by atoms with Crippen LogP contribution in [0.15, 0.2) is 24.9 Å². The van der Waals surface area contributed by atoms with Crippen LogP contribution in [-0.4, -0.2) is 39.6 Å². The molecule has 6 heteroatoms. The van der Waals surface area contributed by atoms with Crippen molar-refractivity contribution in [2.75, 3.05) is 20.3 Å². The van der Waals surface area contributed by atoms with Crippen LogP contribution in [-0.2, 0) is 24.9 Å². The van der Waals surface area contributed by atoms with Crippen molar-refractivity contribution in [2.24, 2.45) is 7.05 Å². The first kappa shape index (κ1) is 12.8. The van der Waals surface area contributed by atoms with Gasteiger partial charge in [0.2, 0.25) is 0 Å². The first-order chi connectivity index (χ1) is 8.78. The number of hydrogen-bond acceptors (Lipinski definition) is 4. The molecule has 2 aromatic rings. The molecule has 0 aliphatic heterocycles. The van der Waals surface area contributed by atoms with E-state index < -0.39 is 0 Å². The molecular formula is C12H19N5O. The van der Waals surface area contributed by atoms with E-state index in [1.165, 1.54) is 5.56 Å². The Hall–Kier alpha value is -1.66. The molecule has 1 N–H and O–H groups in total. The Morgan fingerprint density at radius 1 is 1.39 bits per heavy atom. The predicted molar refractivity (Wildman–Crippen MR) is 68.1 cm³/mol. The lowest BCUT2D eigenvalue weighted by molar-refractivity contribution is 0.199. The minimum atomic E-state index is 0.719. The fraction of sp³-hybridized carbons (Fsp3) is 0.500. The van der Waals surface area contributed by atoms with Gasteiger partial charge in [0.05, 0.1) is 31.4 Å². The smallest absolute Gasteiger partial charge is 0.0953 e. The van der Waals surface area contributed by atoms with Crippen molar-refractivity contribution in [3.05, 3.63) is 36.2 Å². The van der Waals surface area contributed by atoms with E-state index in [2.05, 4.69) is 20.0 Å². The molecule has 0 bridgehead atoms. The van der Waals surface area contributed by atoms with E-state index in [-0.39, 0.29) is 0 Å². The standard InChI is InChI=1S/C12H19N5O/c1-16-7-11(5-15-16)8-17-9-12(14-10-17)6-13-3-4-18-2/h5,7,9-10,13H,3-4,6,8H2,1-2H3. The van der Waals surface area contributed by atoms with Gasteiger partial charge in [-0.15, -0.1) is 0 Å². The maximum absolute atomic E-state index is 4.97. The average molecular weight is 249 g/mol. The van der Waals surface area contributed by atoms with Crippen LogP contribution >= 0.6 is 0 Å². The molecule has 0 aliphatic carbocycles. The van der Waals surface area contributed by atoms with Gasteiger partial charge in [0.15, 0.2) is 0 Å². The topological polar surface area (TPSA) is 56.9 Å². The highest BCUT2D eigenvalue weighted by Gasteiger charge is 2.01. The molecule has 2 aromatic heterocycles. The van der Waals surface area contributed by atoms with Gasteiger partial charge in [0, 0.05) is 45.2 Å². The number of aryl methyl sites for hydroxylation is 1. The Balaban J connectivity index is 1.82. The molecule has 0 amide bonds. The van der Waals surface area contributed by atoms with Crippen molar-refractivity contribution in [1.29, 1.82) is 0 Å². The maximum Gasteiger partial charge on any atom is 0.0953 e. The van der Waals surface area contributed by atoms with Gasteiger partial charge in [-0.2, -0.15) is 5.10 Å². The van der Waals surface area contributed by atoms with Gasteiger partial charge >= 0.3 is 0 Å². The molecule has 0 atom stereocenters. The zero-order valence-corrected chi connectivity index (χ0v) is 10.8. The molecule has 0 aromatic carbocycles. The van der Waals surface area contributed by atoms with Gasteiger partial charge < -0.3 is 14.6 Å². The summed E-state index contributed by atoms with van der Waals surface area (Å²) in [6.07, 6.45) is 7.78. The number of ether oxygens (including phenoxy) is 1. The first-order valence-corrected chi connectivity index (χ1v) is 5.96. The molecule has 6 nitrogen and oxygen atoms in total. The van der Waals surface area contributed by atoms with Crippen LogP contribution in [0, 0.1) is 0 Å². The van der Waals surface area contributed by atoms with Crippen LogP contribution in [0.4, 0.5) is 0 Å². The van der Waals surface area contributed by atoms with Gasteiger partial charge in [-0.1, -0.05) is 0 Å². The molecule has 98 valence electrons. The highest BCUT2D eigenvalue weighted by atomic mass is 16.5. The maximum atomic E-state index is 4.97. The van der Waals surface area contributed by atoms with Crippen LogP contribution < -0.4 is 5.32 Å². The Morgan fingerprint density at radius 2 is 2.28 bits per heavy atom. The highest BCUT2D eigenvalue weighted by molar-refractivity contribution is 5.06. The fourth-order valence-corrected chi connectivity index (χ4v) is 1.74. The van der Waals surface area contributed by atoms with Crippen molar-refractivity contribution in [1.82, 2.24) is 24.6 Å². The molecule has 0 aliphatic rings. The summed E-state index contributed by atoms with van der Waals surface area (Å²) in [6.45, 7) is 3.13. The quantitative estimate of drug-likeness (QED) is 0.722. The Morgan fingerprint density at radius 3 is 3.00 bits per heavy atom. The normalized spacial score (nSPS) is 11.0. The SMILES string of the molecule is COCCNCc1cn(Cc2cnn(C)c2)cn1. The van der Waals surface area contributed by atoms with E-state index in [9.17, 15) is 0 Å². The lowest BCUT2D eigenvalue weighted by Gasteiger charge is -2.00. The summed E-state index contributed by atoms with van der Waals surface area (Å²) in [5.41, 5.74) is 2.21. The number of hydrogen-bond donors (Lipinski definition) is 1. The molecule has 2 heterocycles. The Kier molecular flexibility index (Phi) is 4.49. The van der Waals surface area contributed by atoms with Crippen LogP contribution in [0.2, 0.25) is 0 Å². The monoisotopic (exact) mass is 249 g/mol. The average Bonchev–Trinajstić information content (AvgIpc) is 2.95. The molecule has 0 unspecified atom stereocenters. The number of rotatable bonds is 7. The Bertz CT molecular complexity index is 476. The first-order valence-electron chi connectivity index (χ1n) is 5.96. The van der Waals surface area contributed by atoms with Crippen molar-refractivity contribution in [3.63, 3.8) is 0 Å². The van der Waals surface area contributed by atoms with Gasteiger partial charge in [0.1, 0.15) is 0 Å². The number of nitrogens with one attached hydrogen (secondary N) is 1. The summed E-state index contributed by atoms with van der Waals surface area (Å²) < 4.78 is 8.83. The minimum Gasteiger partial charge on any atom is -0.383 e. The van der Waals surface area contributed by atoms with E-state index in [1.54, 1.807) is 11.8 Å². The summed E-state index contributed by atoms with van der Waals surface area (Å²) in [6, 6.07) is 0. The third-order valence-electron chi connectivity index (χ3n) is 2.60. The van der Waals surface area contributed by atoms with Crippen molar-refractivity contribution >= 4 is 0 Å². The molecule has 0 saturated heterocycles. The molecular weight excluding hydrogens is 230 g/mol. The largest absolute Gasteiger partial charge is 0.383 e. The lowest BCUT2D eigenvalue weighted by atomic mass is 10.3. The summed E-state index contributed by atoms with van der Waals surface area (Å²) in [4.78, 5) is 4.35. The summed E-state index contributed by atoms with van der Waals surface area (Å²) in [7, 11) is 3.62. The highest BCUT2D eigenvalue weighted by Crippen LogP contribution is 2.02. The molecule has 0 spiro atoms. The van der Waals surface area contributed by atoms with Gasteiger partial charge in [-0.25, -0.2) is 4.98 Å². The van der Waals surface area contributed by atoms with E-state index in [0.29, 0.717) is 0 Å². The number of nitrogens with zero attached hydrogens (tertiary/aromatic N) is 4. The fourth-order valence-electron chi connectivity index (χ4n) is 1.74. The summed E-state index contributed by atoms with van der Waals surface area (Å²) in [5, 5.41) is 7.41. The molecule has 0 radical (unpaired) electrons. The minimum absolute atomic E-state index is 0.719.